The summed E-state index contributed by atoms with van der Waals surface area (Å²) in [7, 11) is 0. The molecule has 0 saturated carbocycles. The fourth-order valence-corrected chi connectivity index (χ4v) is 8.31. The van der Waals surface area contributed by atoms with Gasteiger partial charge in [-0.15, -0.1) is 23.8 Å². The average Bonchev–Trinajstić information content (AvgIpc) is 3.70. The number of pyridine rings is 1. The monoisotopic (exact) mass is 1010 g/mol. The van der Waals surface area contributed by atoms with Crippen molar-refractivity contribution in [3.63, 3.8) is 0 Å². The van der Waals surface area contributed by atoms with Gasteiger partial charge in [-0.3, -0.25) is 9.55 Å². The Hall–Kier alpha value is -6.35. The van der Waals surface area contributed by atoms with Crippen molar-refractivity contribution in [1.29, 1.82) is 0 Å². The number of rotatable bonds is 10. The number of hydrogen-bond acceptors (Lipinski definition) is 3. The average molecular weight is 1010 g/mol. The molecule has 0 radical (unpaired) electrons. The zero-order chi connectivity index (χ0) is 46.5. The van der Waals surface area contributed by atoms with Crippen molar-refractivity contribution < 1.29 is 31.7 Å². The van der Waals surface area contributed by atoms with Crippen LogP contribution in [0.4, 0.5) is 0 Å². The molecule has 0 aliphatic rings. The predicted molar refractivity (Wildman–Crippen MR) is 259 cm³/mol. The number of hydrogen-bond donors (Lipinski definition) is 1. The van der Waals surface area contributed by atoms with Crippen molar-refractivity contribution in [1.82, 2.24) is 14.5 Å². The molecule has 0 saturated heterocycles. The number of phenolic OH excluding ortho intramolecular Hbond substituents is 1. The summed E-state index contributed by atoms with van der Waals surface area (Å²) in [6.07, 6.45) is 1.82. The van der Waals surface area contributed by atoms with Gasteiger partial charge in [0.2, 0.25) is 0 Å². The molecular formula is C58H52N3OPt-. The van der Waals surface area contributed by atoms with E-state index in [1.54, 1.807) is 6.07 Å². The van der Waals surface area contributed by atoms with Crippen molar-refractivity contribution in [2.45, 2.75) is 66.1 Å². The summed E-state index contributed by atoms with van der Waals surface area (Å²) in [5.41, 5.74) is 14.0. The Balaban J connectivity index is 0.00000608. The number of fused-ring (bicyclic) bond motifs is 1. The molecule has 9 aromatic rings. The van der Waals surface area contributed by atoms with Crippen LogP contribution in [0.1, 0.15) is 87.0 Å². The number of aromatic nitrogens is 3. The summed E-state index contributed by atoms with van der Waals surface area (Å²) in [5, 5.41) is 12.2. The first-order chi connectivity index (χ1) is 31.5. The number of nitrogens with zero attached hydrogens (tertiary/aromatic N) is 3. The van der Waals surface area contributed by atoms with Crippen LogP contribution in [0.15, 0.2) is 164 Å². The molecule has 0 spiro atoms. The van der Waals surface area contributed by atoms with Gasteiger partial charge in [0.1, 0.15) is 11.6 Å². The molecule has 1 N–H and O–H groups in total. The van der Waals surface area contributed by atoms with Gasteiger partial charge in [-0.05, 0) is 105 Å². The number of phenols is 1. The second-order valence-electron chi connectivity index (χ2n) is 16.9. The summed E-state index contributed by atoms with van der Waals surface area (Å²) in [4.78, 5) is 10.3. The molecule has 2 heterocycles. The van der Waals surface area contributed by atoms with Crippen molar-refractivity contribution in [2.75, 3.05) is 0 Å². The molecule has 0 bridgehead atoms. The van der Waals surface area contributed by atoms with Crippen LogP contribution in [-0.2, 0) is 21.1 Å². The van der Waals surface area contributed by atoms with Gasteiger partial charge in [-0.25, -0.2) is 4.98 Å². The Morgan fingerprint density at radius 3 is 1.90 bits per heavy atom. The van der Waals surface area contributed by atoms with Crippen LogP contribution in [0.2, 0.25) is 0 Å². The maximum atomic E-state index is 12.2. The molecule has 9 rings (SSSR count). The third-order valence-electron chi connectivity index (χ3n) is 11.8. The third-order valence-corrected chi connectivity index (χ3v) is 11.8. The molecule has 7 aromatic carbocycles. The zero-order valence-corrected chi connectivity index (χ0v) is 38.6. The van der Waals surface area contributed by atoms with E-state index in [9.17, 15) is 5.11 Å². The minimum Gasteiger partial charge on any atom is -0.507 e. The summed E-state index contributed by atoms with van der Waals surface area (Å²) in [6.45, 7) is 9.66. The van der Waals surface area contributed by atoms with E-state index in [4.69, 9.17) is 15.5 Å². The van der Waals surface area contributed by atoms with Crippen LogP contribution >= 0.6 is 0 Å². The summed E-state index contributed by atoms with van der Waals surface area (Å²) in [5.74, 6) is 0.00690. The first kappa shape index (κ1) is 38.3. The van der Waals surface area contributed by atoms with Gasteiger partial charge in [0.15, 0.2) is 0 Å². The van der Waals surface area contributed by atoms with E-state index >= 15 is 0 Å². The maximum Gasteiger partial charge on any atom is 0.148 e. The summed E-state index contributed by atoms with van der Waals surface area (Å²) < 4.78 is 37.1. The van der Waals surface area contributed by atoms with Crippen LogP contribution in [0.3, 0.4) is 0 Å². The summed E-state index contributed by atoms with van der Waals surface area (Å²) in [6, 6.07) is 55.8. The fraction of sp³-hybridized carbons (Fsp3) is 0.172. The van der Waals surface area contributed by atoms with Crippen LogP contribution in [0.5, 0.6) is 5.75 Å². The normalized spacial score (nSPS) is 12.8. The van der Waals surface area contributed by atoms with E-state index in [1.165, 1.54) is 0 Å². The minimum atomic E-state index is -2.50. The minimum absolute atomic E-state index is 0. The maximum absolute atomic E-state index is 12.2. The van der Waals surface area contributed by atoms with Gasteiger partial charge >= 0.3 is 0 Å². The van der Waals surface area contributed by atoms with E-state index < -0.39 is 12.7 Å². The van der Waals surface area contributed by atoms with Crippen molar-refractivity contribution >= 4 is 11.0 Å². The van der Waals surface area contributed by atoms with E-state index in [1.807, 2.05) is 128 Å². The smallest absolute Gasteiger partial charge is 0.148 e. The van der Waals surface area contributed by atoms with Crippen LogP contribution in [0, 0.1) is 12.9 Å². The number of para-hydroxylation sites is 1. The fourth-order valence-electron chi connectivity index (χ4n) is 8.31. The van der Waals surface area contributed by atoms with Crippen molar-refractivity contribution in [3.05, 3.63) is 192 Å². The molecule has 0 aliphatic carbocycles. The second kappa shape index (κ2) is 18.2. The second-order valence-corrected chi connectivity index (χ2v) is 16.9. The topological polar surface area (TPSA) is 50.9 Å². The molecule has 0 atom stereocenters. The van der Waals surface area contributed by atoms with Crippen LogP contribution in [0.25, 0.3) is 83.9 Å². The number of benzene rings is 7. The molecule has 316 valence electrons. The first-order valence-electron chi connectivity index (χ1n) is 23.3. The Morgan fingerprint density at radius 2 is 1.24 bits per heavy atom. The molecule has 0 aliphatic heterocycles. The van der Waals surface area contributed by atoms with E-state index in [0.29, 0.717) is 28.1 Å². The first-order valence-corrected chi connectivity index (χ1v) is 21.3. The Morgan fingerprint density at radius 1 is 0.587 bits per heavy atom. The molecule has 63 heavy (non-hydrogen) atoms. The molecule has 4 nitrogen and oxygen atoms in total. The Kier molecular flexibility index (Phi) is 11.1. The molecule has 0 amide bonds. The van der Waals surface area contributed by atoms with Gasteiger partial charge in [-0.2, -0.15) is 0 Å². The number of imidazole rings is 1. The quantitative estimate of drug-likeness (QED) is 0.139. The van der Waals surface area contributed by atoms with Gasteiger partial charge < -0.3 is 5.11 Å². The van der Waals surface area contributed by atoms with Gasteiger partial charge in [-0.1, -0.05) is 173 Å². The van der Waals surface area contributed by atoms with Gasteiger partial charge in [0.05, 0.1) is 22.3 Å². The number of aromatic hydroxyl groups is 1. The van der Waals surface area contributed by atoms with Gasteiger partial charge in [0, 0.05) is 38.4 Å². The zero-order valence-electron chi connectivity index (χ0n) is 40.3. The van der Waals surface area contributed by atoms with E-state index in [2.05, 4.69) is 82.3 Å². The largest absolute Gasteiger partial charge is 0.507 e. The van der Waals surface area contributed by atoms with Crippen molar-refractivity contribution in [3.8, 4) is 78.6 Å². The van der Waals surface area contributed by atoms with Gasteiger partial charge in [0.25, 0.3) is 0 Å². The Labute approximate surface area is 392 Å². The van der Waals surface area contributed by atoms with Crippen molar-refractivity contribution in [2.24, 2.45) is 0 Å². The molecule has 2 aromatic heterocycles. The van der Waals surface area contributed by atoms with E-state index in [-0.39, 0.29) is 44.2 Å². The summed E-state index contributed by atoms with van der Waals surface area (Å²) >= 11 is 0. The predicted octanol–water partition coefficient (Wildman–Crippen LogP) is 15.6. The number of aryl methyl sites for hydroxylation is 1. The van der Waals surface area contributed by atoms with Crippen LogP contribution < -0.4 is 0 Å². The standard InChI is InChI=1S/C58H52N3O.Pt/c1-36(2)40-21-23-43(24-22-40)45-27-28-59-53(35-45)49-31-47(42-17-12-9-13-18-42)30-48(32-49)50-19-14-20-55-56(50)60-58(52-34-46(37(3)4)33-51(38(5)6)57(52)62)61(55)54-26-25-44(29-39(54)7)41-15-10-8-11-16-41;/h8-31,33-38,62H,1-7H3;/q-1;/i7D3,36D;. The molecule has 0 fully saturated rings. The van der Waals surface area contributed by atoms with Crippen LogP contribution in [-0.4, -0.2) is 19.6 Å². The SMILES string of the molecule is [2H]C([2H])([2H])c1cc(-c2ccccc2)ccc1-n1c(-c2cc(C(C)C)cc(C(C)C)c2O)nc2c(-c3[c-]c(-c4cc(-c5ccc(C([2H])(C)C)cc5)ccn4)cc(-c4ccccc4)c3)cccc21.[Pt]. The van der Waals surface area contributed by atoms with E-state index in [0.717, 1.165) is 72.5 Å². The Bertz CT molecular complexity index is 3230. The molecule has 5 heteroatoms. The molecular weight excluding hydrogens is 950 g/mol. The third kappa shape index (κ3) is 8.58. The molecule has 0 unspecified atom stereocenters.